The standard InChI is InChI=1S/C23H28N4O/c1-2-19-7-5-6-14-27(19)23(28)22-11-10-18(16-26-22)24-13-12-17-15-25-21-9-4-3-8-20(17)21/h3-4,8-11,15-16,19,24-25H,2,5-7,12-14H2,1H3. The van der Waals surface area contributed by atoms with Crippen molar-refractivity contribution in [2.45, 2.75) is 45.1 Å². The number of H-pyrrole nitrogens is 1. The second-order valence-electron chi connectivity index (χ2n) is 7.52. The Morgan fingerprint density at radius 1 is 1.25 bits per heavy atom. The number of pyridine rings is 1. The largest absolute Gasteiger partial charge is 0.383 e. The van der Waals surface area contributed by atoms with Gasteiger partial charge in [0.05, 0.1) is 11.9 Å². The summed E-state index contributed by atoms with van der Waals surface area (Å²) in [6.07, 6.45) is 9.21. The monoisotopic (exact) mass is 376 g/mol. The maximum atomic E-state index is 12.8. The molecule has 146 valence electrons. The molecule has 0 bridgehead atoms. The van der Waals surface area contributed by atoms with Gasteiger partial charge in [0, 0.05) is 36.2 Å². The molecule has 5 nitrogen and oxygen atoms in total. The predicted molar refractivity (Wildman–Crippen MR) is 114 cm³/mol. The van der Waals surface area contributed by atoms with E-state index in [0.717, 1.165) is 44.5 Å². The van der Waals surface area contributed by atoms with Crippen LogP contribution in [0, 0.1) is 0 Å². The van der Waals surface area contributed by atoms with Crippen molar-refractivity contribution < 1.29 is 4.79 Å². The van der Waals surface area contributed by atoms with Crippen LogP contribution < -0.4 is 5.32 Å². The van der Waals surface area contributed by atoms with Gasteiger partial charge in [0.2, 0.25) is 0 Å². The Kier molecular flexibility index (Phi) is 5.60. The summed E-state index contributed by atoms with van der Waals surface area (Å²) in [6, 6.07) is 12.5. The molecule has 2 aromatic heterocycles. The number of carbonyl (C=O) groups excluding carboxylic acids is 1. The van der Waals surface area contributed by atoms with Crippen LogP contribution in [-0.2, 0) is 6.42 Å². The Labute approximate surface area is 166 Å². The zero-order valence-electron chi connectivity index (χ0n) is 16.4. The van der Waals surface area contributed by atoms with Gasteiger partial charge in [0.25, 0.3) is 5.91 Å². The number of benzene rings is 1. The second-order valence-corrected chi connectivity index (χ2v) is 7.52. The lowest BCUT2D eigenvalue weighted by Gasteiger charge is -2.35. The first kappa shape index (κ1) is 18.5. The molecule has 28 heavy (non-hydrogen) atoms. The zero-order valence-corrected chi connectivity index (χ0v) is 16.4. The number of hydrogen-bond donors (Lipinski definition) is 2. The highest BCUT2D eigenvalue weighted by atomic mass is 16.2. The number of anilines is 1. The number of nitrogens with one attached hydrogen (secondary N) is 2. The highest BCUT2D eigenvalue weighted by Crippen LogP contribution is 2.22. The van der Waals surface area contributed by atoms with Gasteiger partial charge < -0.3 is 15.2 Å². The summed E-state index contributed by atoms with van der Waals surface area (Å²) >= 11 is 0. The number of hydrogen-bond acceptors (Lipinski definition) is 3. The number of likely N-dealkylation sites (tertiary alicyclic amines) is 1. The number of rotatable bonds is 6. The smallest absolute Gasteiger partial charge is 0.272 e. The third kappa shape index (κ3) is 3.88. The zero-order chi connectivity index (χ0) is 19.3. The van der Waals surface area contributed by atoms with Crippen molar-refractivity contribution in [1.29, 1.82) is 0 Å². The Morgan fingerprint density at radius 2 is 2.14 bits per heavy atom. The van der Waals surface area contributed by atoms with E-state index in [4.69, 9.17) is 0 Å². The van der Waals surface area contributed by atoms with Crippen molar-refractivity contribution in [2.24, 2.45) is 0 Å². The minimum atomic E-state index is 0.0666. The summed E-state index contributed by atoms with van der Waals surface area (Å²) in [4.78, 5) is 22.6. The minimum absolute atomic E-state index is 0.0666. The molecule has 2 N–H and O–H groups in total. The number of fused-ring (bicyclic) bond motifs is 1. The molecule has 1 aromatic carbocycles. The summed E-state index contributed by atoms with van der Waals surface area (Å²) in [5.74, 6) is 0.0666. The van der Waals surface area contributed by atoms with Crippen molar-refractivity contribution in [3.63, 3.8) is 0 Å². The van der Waals surface area contributed by atoms with Gasteiger partial charge in [-0.25, -0.2) is 4.98 Å². The Balaban J connectivity index is 1.35. The summed E-state index contributed by atoms with van der Waals surface area (Å²) < 4.78 is 0. The SMILES string of the molecule is CCC1CCCCN1C(=O)c1ccc(NCCc2c[nH]c3ccccc23)cn1. The molecule has 4 rings (SSSR count). The van der Waals surface area contributed by atoms with Crippen LogP contribution in [0.2, 0.25) is 0 Å². The lowest BCUT2D eigenvalue weighted by molar-refractivity contribution is 0.0602. The highest BCUT2D eigenvalue weighted by molar-refractivity contribution is 5.92. The maximum absolute atomic E-state index is 12.8. The average molecular weight is 377 g/mol. The number of carbonyl (C=O) groups is 1. The van der Waals surface area contributed by atoms with E-state index >= 15 is 0 Å². The fourth-order valence-corrected chi connectivity index (χ4v) is 4.14. The van der Waals surface area contributed by atoms with Gasteiger partial charge >= 0.3 is 0 Å². The van der Waals surface area contributed by atoms with Crippen molar-refractivity contribution >= 4 is 22.5 Å². The summed E-state index contributed by atoms with van der Waals surface area (Å²) in [5, 5.41) is 4.69. The Morgan fingerprint density at radius 3 is 2.96 bits per heavy atom. The van der Waals surface area contributed by atoms with Crippen LogP contribution in [0.25, 0.3) is 10.9 Å². The van der Waals surface area contributed by atoms with Gasteiger partial charge in [-0.3, -0.25) is 4.79 Å². The molecule has 0 radical (unpaired) electrons. The fraction of sp³-hybridized carbons (Fsp3) is 0.391. The quantitative estimate of drug-likeness (QED) is 0.660. The van der Waals surface area contributed by atoms with E-state index in [-0.39, 0.29) is 5.91 Å². The van der Waals surface area contributed by atoms with Crippen molar-refractivity contribution in [1.82, 2.24) is 14.9 Å². The van der Waals surface area contributed by atoms with E-state index in [9.17, 15) is 4.79 Å². The van der Waals surface area contributed by atoms with Crippen LogP contribution in [-0.4, -0.2) is 39.9 Å². The van der Waals surface area contributed by atoms with E-state index in [1.807, 2.05) is 23.1 Å². The first-order valence-corrected chi connectivity index (χ1v) is 10.3. The summed E-state index contributed by atoms with van der Waals surface area (Å²) in [7, 11) is 0. The summed E-state index contributed by atoms with van der Waals surface area (Å²) in [5.41, 5.74) is 3.97. The molecule has 1 aliphatic rings. The topological polar surface area (TPSA) is 61.0 Å². The number of amides is 1. The van der Waals surface area contributed by atoms with E-state index in [0.29, 0.717) is 11.7 Å². The van der Waals surface area contributed by atoms with Gasteiger partial charge in [-0.2, -0.15) is 0 Å². The predicted octanol–water partition coefficient (Wildman–Crippen LogP) is 4.62. The van der Waals surface area contributed by atoms with Gasteiger partial charge in [0.1, 0.15) is 5.69 Å². The Bertz CT molecular complexity index is 931. The van der Waals surface area contributed by atoms with Crippen LogP contribution in [0.4, 0.5) is 5.69 Å². The lowest BCUT2D eigenvalue weighted by atomic mass is 9.99. The molecule has 1 fully saturated rings. The molecule has 5 heteroatoms. The van der Waals surface area contributed by atoms with E-state index < -0.39 is 0 Å². The van der Waals surface area contributed by atoms with Crippen molar-refractivity contribution in [2.75, 3.05) is 18.4 Å². The lowest BCUT2D eigenvalue weighted by Crippen LogP contribution is -2.43. The van der Waals surface area contributed by atoms with Crippen molar-refractivity contribution in [3.05, 3.63) is 60.0 Å². The molecule has 0 spiro atoms. The van der Waals surface area contributed by atoms with Crippen LogP contribution in [0.3, 0.4) is 0 Å². The molecule has 3 heterocycles. The number of para-hydroxylation sites is 1. The van der Waals surface area contributed by atoms with Gasteiger partial charge in [0.15, 0.2) is 0 Å². The van der Waals surface area contributed by atoms with E-state index in [1.54, 1.807) is 6.20 Å². The summed E-state index contributed by atoms with van der Waals surface area (Å²) in [6.45, 7) is 3.83. The molecule has 1 amide bonds. The minimum Gasteiger partial charge on any atom is -0.383 e. The molecule has 0 saturated carbocycles. The third-order valence-electron chi connectivity index (χ3n) is 5.74. The van der Waals surface area contributed by atoms with E-state index in [1.165, 1.54) is 22.9 Å². The molecule has 1 unspecified atom stereocenters. The Hall–Kier alpha value is -2.82. The number of nitrogens with zero attached hydrogens (tertiary/aromatic N) is 2. The first-order chi connectivity index (χ1) is 13.8. The number of aromatic amines is 1. The fourth-order valence-electron chi connectivity index (χ4n) is 4.14. The average Bonchev–Trinajstić information content (AvgIpc) is 3.17. The van der Waals surface area contributed by atoms with Crippen LogP contribution in [0.1, 0.15) is 48.7 Å². The van der Waals surface area contributed by atoms with Gasteiger partial charge in [-0.05, 0) is 55.9 Å². The number of piperidine rings is 1. The third-order valence-corrected chi connectivity index (χ3v) is 5.74. The number of aromatic nitrogens is 2. The van der Waals surface area contributed by atoms with Gasteiger partial charge in [-0.1, -0.05) is 25.1 Å². The highest BCUT2D eigenvalue weighted by Gasteiger charge is 2.26. The van der Waals surface area contributed by atoms with Gasteiger partial charge in [-0.15, -0.1) is 0 Å². The van der Waals surface area contributed by atoms with Crippen molar-refractivity contribution in [3.8, 4) is 0 Å². The maximum Gasteiger partial charge on any atom is 0.272 e. The molecule has 1 saturated heterocycles. The molecule has 0 aliphatic carbocycles. The molecular formula is C23H28N4O. The molecule has 1 atom stereocenters. The molecule has 3 aromatic rings. The second kappa shape index (κ2) is 8.46. The van der Waals surface area contributed by atoms with Crippen LogP contribution in [0.5, 0.6) is 0 Å². The van der Waals surface area contributed by atoms with Crippen LogP contribution >= 0.6 is 0 Å². The normalized spacial score (nSPS) is 17.0. The molecular weight excluding hydrogens is 348 g/mol. The van der Waals surface area contributed by atoms with E-state index in [2.05, 4.69) is 46.6 Å². The van der Waals surface area contributed by atoms with Crippen LogP contribution in [0.15, 0.2) is 48.8 Å². The molecule has 1 aliphatic heterocycles. The first-order valence-electron chi connectivity index (χ1n) is 10.3.